The van der Waals surface area contributed by atoms with Crippen molar-refractivity contribution >= 4 is 17.3 Å². The molecule has 1 saturated heterocycles. The molecule has 0 atom stereocenters. The topological polar surface area (TPSA) is 58.4 Å². The Morgan fingerprint density at radius 2 is 2.04 bits per heavy atom. The molecule has 6 heteroatoms. The van der Waals surface area contributed by atoms with Crippen LogP contribution in [-0.4, -0.2) is 38.8 Å². The van der Waals surface area contributed by atoms with Crippen molar-refractivity contribution in [1.29, 1.82) is 0 Å². The van der Waals surface area contributed by atoms with Gasteiger partial charge in [-0.2, -0.15) is 16.4 Å². The molecule has 1 N–H and O–H groups in total. The second-order valence-electron chi connectivity index (χ2n) is 7.64. The Labute approximate surface area is 146 Å². The Morgan fingerprint density at radius 3 is 2.54 bits per heavy atom. The molecule has 3 rings (SSSR count). The largest absolute Gasteiger partial charge is 0.479 e. The highest BCUT2D eigenvalue weighted by Crippen LogP contribution is 2.32. The third kappa shape index (κ3) is 3.26. The van der Waals surface area contributed by atoms with E-state index in [-0.39, 0.29) is 5.41 Å². The lowest BCUT2D eigenvalue weighted by Crippen LogP contribution is -2.51. The predicted octanol–water partition coefficient (Wildman–Crippen LogP) is 3.32. The maximum Gasteiger partial charge on any atom is 0.331 e. The van der Waals surface area contributed by atoms with Crippen LogP contribution in [-0.2, 0) is 22.3 Å². The zero-order chi connectivity index (χ0) is 17.4. The van der Waals surface area contributed by atoms with Gasteiger partial charge in [0.1, 0.15) is 0 Å². The van der Waals surface area contributed by atoms with Crippen molar-refractivity contribution in [3.63, 3.8) is 0 Å². The van der Waals surface area contributed by atoms with Crippen LogP contribution in [0.2, 0.25) is 0 Å². The number of thiophene rings is 1. The van der Waals surface area contributed by atoms with Crippen LogP contribution in [0.3, 0.4) is 0 Å². The number of hydrogen-bond acceptors (Lipinski definition) is 4. The molecule has 3 heterocycles. The molecular formula is C18H25N3O2S. The van der Waals surface area contributed by atoms with Crippen molar-refractivity contribution in [1.82, 2.24) is 14.7 Å². The van der Waals surface area contributed by atoms with Crippen LogP contribution in [0.5, 0.6) is 0 Å². The van der Waals surface area contributed by atoms with Crippen LogP contribution in [0.25, 0.3) is 0 Å². The lowest BCUT2D eigenvalue weighted by molar-refractivity contribution is -0.151. The van der Waals surface area contributed by atoms with E-state index in [1.165, 1.54) is 5.56 Å². The average molecular weight is 347 g/mol. The smallest absolute Gasteiger partial charge is 0.331 e. The number of hydrogen-bond donors (Lipinski definition) is 1. The van der Waals surface area contributed by atoms with Gasteiger partial charge in [-0.05, 0) is 41.3 Å². The van der Waals surface area contributed by atoms with Gasteiger partial charge < -0.3 is 5.11 Å². The first kappa shape index (κ1) is 17.2. The fraction of sp³-hybridized carbons (Fsp3) is 0.556. The quantitative estimate of drug-likeness (QED) is 0.922. The summed E-state index contributed by atoms with van der Waals surface area (Å²) in [6.07, 6.45) is 3.00. The zero-order valence-corrected chi connectivity index (χ0v) is 15.3. The molecule has 0 bridgehead atoms. The summed E-state index contributed by atoms with van der Waals surface area (Å²) in [4.78, 5) is 14.4. The molecule has 0 radical (unpaired) electrons. The molecule has 130 valence electrons. The Morgan fingerprint density at radius 1 is 1.33 bits per heavy atom. The summed E-state index contributed by atoms with van der Waals surface area (Å²) in [5.74, 6) is -0.777. The van der Waals surface area contributed by atoms with Crippen molar-refractivity contribution < 1.29 is 9.90 Å². The van der Waals surface area contributed by atoms with E-state index >= 15 is 0 Å². The van der Waals surface area contributed by atoms with Crippen LogP contribution in [0.4, 0.5) is 0 Å². The lowest BCUT2D eigenvalue weighted by Gasteiger charge is -2.39. The van der Waals surface area contributed by atoms with E-state index in [0.29, 0.717) is 12.8 Å². The molecule has 1 aliphatic rings. The first-order chi connectivity index (χ1) is 11.3. The fourth-order valence-corrected chi connectivity index (χ4v) is 3.88. The van der Waals surface area contributed by atoms with Crippen molar-refractivity contribution in [2.45, 2.75) is 51.1 Å². The summed E-state index contributed by atoms with van der Waals surface area (Å²) < 4.78 is 1.69. The van der Waals surface area contributed by atoms with Gasteiger partial charge in [-0.3, -0.25) is 9.58 Å². The number of rotatable bonds is 4. The number of piperidine rings is 1. The Hall–Kier alpha value is -1.66. The first-order valence-corrected chi connectivity index (χ1v) is 9.29. The summed E-state index contributed by atoms with van der Waals surface area (Å²) in [7, 11) is 0. The van der Waals surface area contributed by atoms with E-state index in [0.717, 1.165) is 25.3 Å². The molecule has 24 heavy (non-hydrogen) atoms. The molecule has 0 saturated carbocycles. The number of carboxylic acids is 1. The molecule has 2 aromatic heterocycles. The molecule has 1 fully saturated rings. The minimum absolute atomic E-state index is 0.0788. The third-order valence-corrected chi connectivity index (χ3v) is 5.60. The van der Waals surface area contributed by atoms with Crippen LogP contribution in [0.15, 0.2) is 29.1 Å². The second kappa shape index (κ2) is 6.33. The normalized spacial score (nSPS) is 18.6. The predicted molar refractivity (Wildman–Crippen MR) is 95.4 cm³/mol. The molecule has 0 amide bonds. The van der Waals surface area contributed by atoms with Crippen LogP contribution in [0, 0.1) is 0 Å². The van der Waals surface area contributed by atoms with Gasteiger partial charge in [0.25, 0.3) is 0 Å². The maximum atomic E-state index is 12.1. The van der Waals surface area contributed by atoms with Gasteiger partial charge in [0.2, 0.25) is 0 Å². The molecule has 1 aliphatic heterocycles. The minimum atomic E-state index is -0.922. The molecule has 5 nitrogen and oxygen atoms in total. The van der Waals surface area contributed by atoms with Crippen LogP contribution in [0.1, 0.15) is 44.9 Å². The third-order valence-electron chi connectivity index (χ3n) is 4.86. The zero-order valence-electron chi connectivity index (χ0n) is 14.5. The minimum Gasteiger partial charge on any atom is -0.479 e. The van der Waals surface area contributed by atoms with Gasteiger partial charge in [-0.25, -0.2) is 4.79 Å². The molecule has 0 spiro atoms. The highest BCUT2D eigenvalue weighted by molar-refractivity contribution is 7.07. The average Bonchev–Trinajstić information content (AvgIpc) is 3.18. The van der Waals surface area contributed by atoms with Gasteiger partial charge in [-0.1, -0.05) is 20.8 Å². The summed E-state index contributed by atoms with van der Waals surface area (Å²) in [6, 6.07) is 4.08. The number of aliphatic carboxylic acids is 1. The molecular weight excluding hydrogens is 322 g/mol. The van der Waals surface area contributed by atoms with E-state index < -0.39 is 11.5 Å². The highest BCUT2D eigenvalue weighted by Gasteiger charge is 2.44. The molecule has 2 aromatic rings. The summed E-state index contributed by atoms with van der Waals surface area (Å²) in [5.41, 5.74) is 1.24. The number of carbonyl (C=O) groups is 1. The van der Waals surface area contributed by atoms with Gasteiger partial charge in [0.05, 0.1) is 5.69 Å². The fourth-order valence-electron chi connectivity index (χ4n) is 3.23. The summed E-state index contributed by atoms with van der Waals surface area (Å²) in [6.45, 7) is 8.72. The standard InChI is InChI=1S/C18H25N3O2S/c1-17(2,3)15-4-8-21(19-15)18(16(22)23)6-9-20(10-7-18)12-14-5-11-24-13-14/h4-5,8,11,13H,6-7,9-10,12H2,1-3H3,(H,22,23). The van der Waals surface area contributed by atoms with Gasteiger partial charge in [-0.15, -0.1) is 0 Å². The van der Waals surface area contributed by atoms with Crippen LogP contribution < -0.4 is 0 Å². The number of nitrogens with zero attached hydrogens (tertiary/aromatic N) is 3. The molecule has 0 aliphatic carbocycles. The van der Waals surface area contributed by atoms with Gasteiger partial charge in [0, 0.05) is 31.2 Å². The van der Waals surface area contributed by atoms with E-state index in [2.05, 4.69) is 47.6 Å². The first-order valence-electron chi connectivity index (χ1n) is 8.35. The lowest BCUT2D eigenvalue weighted by atomic mass is 9.87. The molecule has 0 aromatic carbocycles. The molecule has 0 unspecified atom stereocenters. The van der Waals surface area contributed by atoms with E-state index in [9.17, 15) is 9.90 Å². The van der Waals surface area contributed by atoms with Crippen molar-refractivity contribution in [2.75, 3.05) is 13.1 Å². The Kier molecular flexibility index (Phi) is 4.53. The van der Waals surface area contributed by atoms with Crippen LogP contribution >= 0.6 is 11.3 Å². The van der Waals surface area contributed by atoms with E-state index in [1.54, 1.807) is 16.0 Å². The van der Waals surface area contributed by atoms with Gasteiger partial charge >= 0.3 is 5.97 Å². The van der Waals surface area contributed by atoms with Gasteiger partial charge in [0.15, 0.2) is 5.54 Å². The number of aromatic nitrogens is 2. The number of likely N-dealkylation sites (tertiary alicyclic amines) is 1. The van der Waals surface area contributed by atoms with E-state index in [1.807, 2.05) is 12.3 Å². The van der Waals surface area contributed by atoms with Crippen molar-refractivity contribution in [3.05, 3.63) is 40.3 Å². The van der Waals surface area contributed by atoms with E-state index in [4.69, 9.17) is 0 Å². The van der Waals surface area contributed by atoms with Crippen molar-refractivity contribution in [2.24, 2.45) is 0 Å². The summed E-state index contributed by atoms with van der Waals surface area (Å²) in [5, 5.41) is 18.8. The summed E-state index contributed by atoms with van der Waals surface area (Å²) >= 11 is 1.70. The Balaban J connectivity index is 1.76. The highest BCUT2D eigenvalue weighted by atomic mass is 32.1. The van der Waals surface area contributed by atoms with Crippen molar-refractivity contribution in [3.8, 4) is 0 Å². The maximum absolute atomic E-state index is 12.1. The Bertz CT molecular complexity index is 692. The monoisotopic (exact) mass is 347 g/mol. The number of carboxylic acid groups (broad SMARTS) is 1. The SMILES string of the molecule is CC(C)(C)c1ccn(C2(C(=O)O)CCN(Cc3ccsc3)CC2)n1. The second-order valence-corrected chi connectivity index (χ2v) is 8.42.